The maximum absolute atomic E-state index is 11.6. The highest BCUT2D eigenvalue weighted by atomic mass is 32.2. The van der Waals surface area contributed by atoms with E-state index in [0.717, 1.165) is 32.1 Å². The van der Waals surface area contributed by atoms with Gasteiger partial charge < -0.3 is 10.2 Å². The Morgan fingerprint density at radius 1 is 1.19 bits per heavy atom. The molecular weight excluding hydrogens is 284 g/mol. The number of hydrogen-bond donors (Lipinski definition) is 1. The summed E-state index contributed by atoms with van der Waals surface area (Å²) in [6.07, 6.45) is 5.17. The van der Waals surface area contributed by atoms with Crippen LogP contribution in [0.2, 0.25) is 0 Å². The minimum Gasteiger partial charge on any atom is -0.314 e. The summed E-state index contributed by atoms with van der Waals surface area (Å²) in [6, 6.07) is 0.517. The van der Waals surface area contributed by atoms with E-state index in [9.17, 15) is 8.42 Å². The highest BCUT2D eigenvalue weighted by Gasteiger charge is 2.37. The first-order valence-electron chi connectivity index (χ1n) is 8.46. The lowest BCUT2D eigenvalue weighted by atomic mass is 9.70. The number of nitrogens with zero attached hydrogens (tertiary/aromatic N) is 1. The largest absolute Gasteiger partial charge is 0.314 e. The SMILES string of the molecule is CC1CCC(CNC(C)C)(CN2CCS(=O)(=O)CC2)CC1. The van der Waals surface area contributed by atoms with Crippen molar-refractivity contribution in [1.82, 2.24) is 10.2 Å². The van der Waals surface area contributed by atoms with Crippen LogP contribution in [0, 0.1) is 11.3 Å². The first-order valence-corrected chi connectivity index (χ1v) is 10.3. The van der Waals surface area contributed by atoms with Gasteiger partial charge in [0.2, 0.25) is 0 Å². The average molecular weight is 317 g/mol. The molecule has 1 saturated heterocycles. The molecule has 0 atom stereocenters. The smallest absolute Gasteiger partial charge is 0.152 e. The molecule has 1 heterocycles. The molecule has 1 saturated carbocycles. The molecule has 0 aromatic carbocycles. The molecule has 1 aliphatic heterocycles. The van der Waals surface area contributed by atoms with Crippen LogP contribution in [0.3, 0.4) is 0 Å². The van der Waals surface area contributed by atoms with Crippen molar-refractivity contribution < 1.29 is 8.42 Å². The maximum Gasteiger partial charge on any atom is 0.152 e. The molecular formula is C16H32N2O2S. The lowest BCUT2D eigenvalue weighted by Gasteiger charge is -2.44. The molecule has 1 N–H and O–H groups in total. The molecule has 2 fully saturated rings. The zero-order valence-electron chi connectivity index (χ0n) is 13.9. The van der Waals surface area contributed by atoms with Crippen LogP contribution >= 0.6 is 0 Å². The third-order valence-electron chi connectivity index (χ3n) is 5.22. The van der Waals surface area contributed by atoms with Gasteiger partial charge in [0.05, 0.1) is 11.5 Å². The van der Waals surface area contributed by atoms with Crippen LogP contribution in [-0.2, 0) is 9.84 Å². The van der Waals surface area contributed by atoms with Gasteiger partial charge in [-0.3, -0.25) is 0 Å². The summed E-state index contributed by atoms with van der Waals surface area (Å²) >= 11 is 0. The van der Waals surface area contributed by atoms with Crippen LogP contribution < -0.4 is 5.32 Å². The molecule has 21 heavy (non-hydrogen) atoms. The van der Waals surface area contributed by atoms with Gasteiger partial charge in [-0.1, -0.05) is 33.6 Å². The number of hydrogen-bond acceptors (Lipinski definition) is 4. The first-order chi connectivity index (χ1) is 9.80. The molecule has 0 bridgehead atoms. The Morgan fingerprint density at radius 3 is 2.29 bits per heavy atom. The summed E-state index contributed by atoms with van der Waals surface area (Å²) in [6.45, 7) is 10.3. The molecule has 0 radical (unpaired) electrons. The van der Waals surface area contributed by atoms with Crippen LogP contribution in [-0.4, -0.2) is 57.0 Å². The Morgan fingerprint density at radius 2 is 1.76 bits per heavy atom. The van der Waals surface area contributed by atoms with Gasteiger partial charge in [0, 0.05) is 32.2 Å². The fourth-order valence-electron chi connectivity index (χ4n) is 3.57. The van der Waals surface area contributed by atoms with E-state index < -0.39 is 9.84 Å². The maximum atomic E-state index is 11.6. The van der Waals surface area contributed by atoms with Crippen molar-refractivity contribution in [3.63, 3.8) is 0 Å². The summed E-state index contributed by atoms with van der Waals surface area (Å²) in [5.41, 5.74) is 0.345. The Hall–Kier alpha value is -0.130. The third-order valence-corrected chi connectivity index (χ3v) is 6.83. The Balaban J connectivity index is 1.95. The number of nitrogens with one attached hydrogen (secondary N) is 1. The predicted molar refractivity (Wildman–Crippen MR) is 88.3 cm³/mol. The Kier molecular flexibility index (Phi) is 5.71. The zero-order valence-corrected chi connectivity index (χ0v) is 14.7. The van der Waals surface area contributed by atoms with Crippen molar-refractivity contribution >= 4 is 9.84 Å². The molecule has 1 aliphatic carbocycles. The van der Waals surface area contributed by atoms with E-state index in [2.05, 4.69) is 31.0 Å². The van der Waals surface area contributed by atoms with E-state index in [4.69, 9.17) is 0 Å². The highest BCUT2D eigenvalue weighted by molar-refractivity contribution is 7.91. The lowest BCUT2D eigenvalue weighted by molar-refractivity contribution is 0.0885. The molecule has 5 heteroatoms. The summed E-state index contributed by atoms with van der Waals surface area (Å²) in [5, 5.41) is 3.63. The molecule has 0 amide bonds. The van der Waals surface area contributed by atoms with Crippen molar-refractivity contribution in [3.05, 3.63) is 0 Å². The van der Waals surface area contributed by atoms with Crippen LogP contribution in [0.15, 0.2) is 0 Å². The minimum absolute atomic E-state index is 0.344. The highest BCUT2D eigenvalue weighted by Crippen LogP contribution is 2.39. The van der Waals surface area contributed by atoms with Gasteiger partial charge in [0.1, 0.15) is 0 Å². The van der Waals surface area contributed by atoms with E-state index in [1.54, 1.807) is 0 Å². The number of sulfone groups is 1. The minimum atomic E-state index is -2.77. The number of rotatable bonds is 5. The topological polar surface area (TPSA) is 49.4 Å². The monoisotopic (exact) mass is 316 g/mol. The van der Waals surface area contributed by atoms with Crippen LogP contribution in [0.25, 0.3) is 0 Å². The van der Waals surface area contributed by atoms with Gasteiger partial charge in [-0.25, -0.2) is 8.42 Å². The van der Waals surface area contributed by atoms with E-state index >= 15 is 0 Å². The fourth-order valence-corrected chi connectivity index (χ4v) is 4.85. The van der Waals surface area contributed by atoms with Crippen molar-refractivity contribution in [2.75, 3.05) is 37.7 Å². The van der Waals surface area contributed by atoms with Gasteiger partial charge in [0.15, 0.2) is 9.84 Å². The predicted octanol–water partition coefficient (Wildman–Crippen LogP) is 1.91. The van der Waals surface area contributed by atoms with Crippen LogP contribution in [0.4, 0.5) is 0 Å². The second kappa shape index (κ2) is 6.97. The third kappa shape index (κ3) is 5.22. The summed E-state index contributed by atoms with van der Waals surface area (Å²) in [5.74, 6) is 1.53. The van der Waals surface area contributed by atoms with Crippen molar-refractivity contribution in [1.29, 1.82) is 0 Å². The van der Waals surface area contributed by atoms with Crippen molar-refractivity contribution in [2.24, 2.45) is 11.3 Å². The molecule has 4 nitrogen and oxygen atoms in total. The summed E-state index contributed by atoms with van der Waals surface area (Å²) < 4.78 is 23.2. The van der Waals surface area contributed by atoms with Gasteiger partial charge in [0.25, 0.3) is 0 Å². The lowest BCUT2D eigenvalue weighted by Crippen LogP contribution is -2.51. The second-order valence-corrected chi connectivity index (χ2v) is 9.95. The Bertz CT molecular complexity index is 412. The van der Waals surface area contributed by atoms with Gasteiger partial charge in [-0.2, -0.15) is 0 Å². The second-order valence-electron chi connectivity index (χ2n) is 7.65. The molecule has 0 spiro atoms. The molecule has 2 aliphatic rings. The molecule has 2 rings (SSSR count). The molecule has 0 aromatic rings. The first kappa shape index (κ1) is 17.2. The average Bonchev–Trinajstić information content (AvgIpc) is 2.42. The van der Waals surface area contributed by atoms with E-state index in [1.807, 2.05) is 0 Å². The normalized spacial score (nSPS) is 34.2. The van der Waals surface area contributed by atoms with Crippen molar-refractivity contribution in [2.45, 2.75) is 52.5 Å². The van der Waals surface area contributed by atoms with Crippen LogP contribution in [0.1, 0.15) is 46.5 Å². The Labute approximate surface area is 130 Å². The van der Waals surface area contributed by atoms with Crippen LogP contribution in [0.5, 0.6) is 0 Å². The van der Waals surface area contributed by atoms with E-state index in [1.165, 1.54) is 25.7 Å². The molecule has 0 aromatic heterocycles. The van der Waals surface area contributed by atoms with Gasteiger partial charge in [-0.05, 0) is 24.2 Å². The standard InChI is InChI=1S/C16H32N2O2S/c1-14(2)17-12-16(6-4-15(3)5-7-16)13-18-8-10-21(19,20)11-9-18/h14-15,17H,4-13H2,1-3H3. The summed E-state index contributed by atoms with van der Waals surface area (Å²) in [7, 11) is -2.77. The fraction of sp³-hybridized carbons (Fsp3) is 1.00. The van der Waals surface area contributed by atoms with E-state index in [0.29, 0.717) is 23.0 Å². The quantitative estimate of drug-likeness (QED) is 0.842. The van der Waals surface area contributed by atoms with Gasteiger partial charge in [-0.15, -0.1) is 0 Å². The van der Waals surface area contributed by atoms with E-state index in [-0.39, 0.29) is 0 Å². The summed E-state index contributed by atoms with van der Waals surface area (Å²) in [4.78, 5) is 2.39. The van der Waals surface area contributed by atoms with Gasteiger partial charge >= 0.3 is 0 Å². The molecule has 0 unspecified atom stereocenters. The van der Waals surface area contributed by atoms with Crippen molar-refractivity contribution in [3.8, 4) is 0 Å². The molecule has 124 valence electrons. The zero-order chi connectivity index (χ0) is 15.5.